The zero-order chi connectivity index (χ0) is 25.3. The fourth-order valence-corrected chi connectivity index (χ4v) is 5.18. The normalized spacial score (nSPS) is 12.0. The number of aryl methyl sites for hydroxylation is 1. The molecule has 4 aromatic rings. The molecule has 2 heterocycles. The standard InChI is InChI=1S/C26H29ClN6O2S/c1-33(2)26(34)13-14-36-24(7-4-8-25-29-31-32-30-25)19-5-3-6-22(15-19)35-17-21-12-10-18-9-11-20(27)16-23(18)28-21/h3,5-6,9-12,15-16,24H,4,7-8,13-14,17H2,1-2H3,(H,29,30,31,32). The molecule has 1 unspecified atom stereocenters. The number of nitrogens with zero attached hydrogens (tertiary/aromatic N) is 5. The zero-order valence-corrected chi connectivity index (χ0v) is 21.9. The van der Waals surface area contributed by atoms with Crippen LogP contribution < -0.4 is 4.74 Å². The lowest BCUT2D eigenvalue weighted by molar-refractivity contribution is -0.128. The predicted molar refractivity (Wildman–Crippen MR) is 143 cm³/mol. The van der Waals surface area contributed by atoms with E-state index in [-0.39, 0.29) is 11.2 Å². The molecule has 2 aromatic heterocycles. The Balaban J connectivity index is 1.41. The van der Waals surface area contributed by atoms with Crippen molar-refractivity contribution >= 4 is 40.2 Å². The minimum absolute atomic E-state index is 0.134. The van der Waals surface area contributed by atoms with E-state index in [9.17, 15) is 4.79 Å². The molecule has 0 aliphatic heterocycles. The van der Waals surface area contributed by atoms with Gasteiger partial charge in [-0.2, -0.15) is 17.0 Å². The van der Waals surface area contributed by atoms with Gasteiger partial charge in [0.1, 0.15) is 12.4 Å². The van der Waals surface area contributed by atoms with Crippen molar-refractivity contribution < 1.29 is 9.53 Å². The molecule has 1 N–H and O–H groups in total. The number of H-pyrrole nitrogens is 1. The number of aromatic nitrogens is 5. The Kier molecular flexibility index (Phi) is 9.13. The van der Waals surface area contributed by atoms with Gasteiger partial charge >= 0.3 is 0 Å². The molecule has 0 fully saturated rings. The van der Waals surface area contributed by atoms with Crippen molar-refractivity contribution in [3.05, 3.63) is 76.7 Å². The quantitative estimate of drug-likeness (QED) is 0.270. The number of fused-ring (bicyclic) bond motifs is 1. The first-order valence-corrected chi connectivity index (χ1v) is 13.2. The first-order chi connectivity index (χ1) is 17.5. The van der Waals surface area contributed by atoms with Gasteiger partial charge in [-0.1, -0.05) is 41.1 Å². The largest absolute Gasteiger partial charge is 0.487 e. The highest BCUT2D eigenvalue weighted by Crippen LogP contribution is 2.35. The van der Waals surface area contributed by atoms with Crippen LogP contribution in [0.5, 0.6) is 5.75 Å². The highest BCUT2D eigenvalue weighted by atomic mass is 35.5. The maximum atomic E-state index is 12.1. The Bertz CT molecular complexity index is 1280. The summed E-state index contributed by atoms with van der Waals surface area (Å²) < 4.78 is 6.10. The number of thioether (sulfide) groups is 1. The molecular weight excluding hydrogens is 496 g/mol. The number of carbonyl (C=O) groups excluding carboxylic acids is 1. The molecule has 188 valence electrons. The molecular formula is C26H29ClN6O2S. The van der Waals surface area contributed by atoms with Crippen molar-refractivity contribution in [3.8, 4) is 5.75 Å². The predicted octanol–water partition coefficient (Wildman–Crippen LogP) is 5.26. The van der Waals surface area contributed by atoms with Crippen molar-refractivity contribution in [1.29, 1.82) is 0 Å². The second kappa shape index (κ2) is 12.7. The summed E-state index contributed by atoms with van der Waals surface area (Å²) in [5.41, 5.74) is 2.85. The fourth-order valence-electron chi connectivity index (χ4n) is 3.77. The van der Waals surface area contributed by atoms with Crippen LogP contribution in [0, 0.1) is 0 Å². The maximum Gasteiger partial charge on any atom is 0.222 e. The van der Waals surface area contributed by atoms with Gasteiger partial charge in [0.15, 0.2) is 5.82 Å². The van der Waals surface area contributed by atoms with Gasteiger partial charge in [0.2, 0.25) is 5.91 Å². The Morgan fingerprint density at radius 3 is 2.83 bits per heavy atom. The Labute approximate surface area is 219 Å². The minimum Gasteiger partial charge on any atom is -0.487 e. The molecule has 0 radical (unpaired) electrons. The van der Waals surface area contributed by atoms with Crippen LogP contribution in [0.2, 0.25) is 5.02 Å². The van der Waals surface area contributed by atoms with E-state index in [1.165, 1.54) is 5.56 Å². The molecule has 10 heteroatoms. The van der Waals surface area contributed by atoms with Crippen molar-refractivity contribution in [2.75, 3.05) is 19.8 Å². The zero-order valence-electron chi connectivity index (χ0n) is 20.4. The van der Waals surface area contributed by atoms with E-state index in [2.05, 4.69) is 37.7 Å². The van der Waals surface area contributed by atoms with E-state index in [4.69, 9.17) is 16.3 Å². The average Bonchev–Trinajstić information content (AvgIpc) is 3.40. The molecule has 1 amide bonds. The number of rotatable bonds is 12. The van der Waals surface area contributed by atoms with Crippen LogP contribution in [0.4, 0.5) is 0 Å². The smallest absolute Gasteiger partial charge is 0.222 e. The number of carbonyl (C=O) groups is 1. The number of ether oxygens (including phenoxy) is 1. The molecule has 2 aromatic carbocycles. The number of amides is 1. The summed E-state index contributed by atoms with van der Waals surface area (Å²) in [6.07, 6.45) is 3.09. The van der Waals surface area contributed by atoms with Gasteiger partial charge in [0.25, 0.3) is 0 Å². The Morgan fingerprint density at radius 2 is 2.03 bits per heavy atom. The highest BCUT2D eigenvalue weighted by molar-refractivity contribution is 7.99. The van der Waals surface area contributed by atoms with Crippen LogP contribution in [0.1, 0.15) is 41.6 Å². The SMILES string of the molecule is CN(C)C(=O)CCSC(CCCc1nn[nH]n1)c1cccc(OCc2ccc3ccc(Cl)cc3n2)c1. The maximum absolute atomic E-state index is 12.1. The summed E-state index contributed by atoms with van der Waals surface area (Å²) in [4.78, 5) is 18.4. The summed E-state index contributed by atoms with van der Waals surface area (Å²) in [5, 5.41) is 16.1. The summed E-state index contributed by atoms with van der Waals surface area (Å²) in [7, 11) is 3.57. The fraction of sp³-hybridized carbons (Fsp3) is 0.346. The van der Waals surface area contributed by atoms with Gasteiger partial charge in [-0.15, -0.1) is 10.2 Å². The van der Waals surface area contributed by atoms with Crippen LogP contribution in [-0.4, -0.2) is 56.3 Å². The third-order valence-corrected chi connectivity index (χ3v) is 7.30. The first-order valence-electron chi connectivity index (χ1n) is 11.8. The minimum atomic E-state index is 0.134. The molecule has 0 spiro atoms. The molecule has 4 rings (SSSR count). The van der Waals surface area contributed by atoms with Crippen LogP contribution in [0.3, 0.4) is 0 Å². The van der Waals surface area contributed by atoms with Crippen molar-refractivity contribution in [2.45, 2.75) is 37.5 Å². The lowest BCUT2D eigenvalue weighted by Gasteiger charge is -2.18. The number of pyridine rings is 1. The van der Waals surface area contributed by atoms with Gasteiger partial charge in [-0.05, 0) is 48.7 Å². The molecule has 0 saturated heterocycles. The van der Waals surface area contributed by atoms with Crippen molar-refractivity contribution in [2.24, 2.45) is 0 Å². The summed E-state index contributed by atoms with van der Waals surface area (Å²) in [6.45, 7) is 0.360. The lowest BCUT2D eigenvalue weighted by atomic mass is 10.1. The van der Waals surface area contributed by atoms with Gasteiger partial charge in [-0.3, -0.25) is 4.79 Å². The monoisotopic (exact) mass is 524 g/mol. The molecule has 36 heavy (non-hydrogen) atoms. The van der Waals surface area contributed by atoms with E-state index in [1.54, 1.807) is 30.8 Å². The van der Waals surface area contributed by atoms with Crippen molar-refractivity contribution in [3.63, 3.8) is 0 Å². The molecule has 0 bridgehead atoms. The Hall–Kier alpha value is -3.17. The molecule has 0 aliphatic rings. The second-order valence-corrected chi connectivity index (χ2v) is 10.4. The van der Waals surface area contributed by atoms with E-state index < -0.39 is 0 Å². The third kappa shape index (κ3) is 7.41. The number of hydrogen-bond acceptors (Lipinski definition) is 7. The topological polar surface area (TPSA) is 96.9 Å². The average molecular weight is 525 g/mol. The van der Waals surface area contributed by atoms with E-state index in [1.807, 2.05) is 42.5 Å². The molecule has 0 aliphatic carbocycles. The van der Waals surface area contributed by atoms with Crippen LogP contribution in [0.15, 0.2) is 54.6 Å². The third-order valence-electron chi connectivity index (χ3n) is 5.72. The van der Waals surface area contributed by atoms with Crippen LogP contribution >= 0.6 is 23.4 Å². The van der Waals surface area contributed by atoms with Gasteiger partial charge < -0.3 is 9.64 Å². The number of tetrazole rings is 1. The number of halogens is 1. The van der Waals surface area contributed by atoms with E-state index >= 15 is 0 Å². The van der Waals surface area contributed by atoms with E-state index in [0.717, 1.165) is 47.4 Å². The first kappa shape index (κ1) is 25.9. The summed E-state index contributed by atoms with van der Waals surface area (Å²) >= 11 is 7.91. The van der Waals surface area contributed by atoms with Crippen LogP contribution in [0.25, 0.3) is 10.9 Å². The molecule has 1 atom stereocenters. The number of nitrogens with one attached hydrogen (secondary N) is 1. The van der Waals surface area contributed by atoms with E-state index in [0.29, 0.717) is 23.9 Å². The summed E-state index contributed by atoms with van der Waals surface area (Å²) in [6, 6.07) is 17.8. The van der Waals surface area contributed by atoms with Crippen LogP contribution in [-0.2, 0) is 17.8 Å². The summed E-state index contributed by atoms with van der Waals surface area (Å²) in [5.74, 6) is 2.38. The second-order valence-electron chi connectivity index (χ2n) is 8.62. The lowest BCUT2D eigenvalue weighted by Crippen LogP contribution is -2.21. The number of hydrogen-bond donors (Lipinski definition) is 1. The molecule has 8 nitrogen and oxygen atoms in total. The molecule has 0 saturated carbocycles. The van der Waals surface area contributed by atoms with Gasteiger partial charge in [0, 0.05) is 48.3 Å². The van der Waals surface area contributed by atoms with Crippen molar-refractivity contribution in [1.82, 2.24) is 30.5 Å². The van der Waals surface area contributed by atoms with Gasteiger partial charge in [0.05, 0.1) is 11.2 Å². The Morgan fingerprint density at radius 1 is 1.17 bits per heavy atom. The van der Waals surface area contributed by atoms with Gasteiger partial charge in [-0.25, -0.2) is 4.98 Å². The number of aromatic amines is 1. The number of benzene rings is 2. The highest BCUT2D eigenvalue weighted by Gasteiger charge is 2.15.